The van der Waals surface area contributed by atoms with Crippen molar-refractivity contribution >= 4 is 18.5 Å². The van der Waals surface area contributed by atoms with Crippen LogP contribution in [0.3, 0.4) is 0 Å². The van der Waals surface area contributed by atoms with Gasteiger partial charge in [-0.2, -0.15) is 0 Å². The van der Waals surface area contributed by atoms with E-state index in [1.807, 2.05) is 47.6 Å². The molecule has 0 aliphatic carbocycles. The van der Waals surface area contributed by atoms with Crippen molar-refractivity contribution < 1.29 is 14.1 Å². The standard InChI is InChI=1S/C16H25BN2O3/c1-7-19(8-2)14(20)13-12(10-9-11-18-13)17-21-15(3,4)16(5,6)22-17/h9-11H,7-8H2,1-6H3. The van der Waals surface area contributed by atoms with Crippen LogP contribution in [0.5, 0.6) is 0 Å². The zero-order valence-electron chi connectivity index (χ0n) is 14.3. The second kappa shape index (κ2) is 6.01. The Morgan fingerprint density at radius 3 is 2.23 bits per heavy atom. The average Bonchev–Trinajstić information content (AvgIpc) is 2.68. The van der Waals surface area contributed by atoms with Gasteiger partial charge in [-0.25, -0.2) is 0 Å². The maximum Gasteiger partial charge on any atom is 0.497 e. The molecule has 1 amide bonds. The molecule has 0 spiro atoms. The van der Waals surface area contributed by atoms with Crippen molar-refractivity contribution in [3.8, 4) is 0 Å². The van der Waals surface area contributed by atoms with Gasteiger partial charge in [0.25, 0.3) is 5.91 Å². The fraction of sp³-hybridized carbons (Fsp3) is 0.625. The van der Waals surface area contributed by atoms with E-state index in [1.165, 1.54) is 0 Å². The van der Waals surface area contributed by atoms with E-state index in [2.05, 4.69) is 4.98 Å². The van der Waals surface area contributed by atoms with Crippen molar-refractivity contribution in [3.05, 3.63) is 24.0 Å². The summed E-state index contributed by atoms with van der Waals surface area (Å²) in [5, 5.41) is 0. The maximum atomic E-state index is 12.7. The summed E-state index contributed by atoms with van der Waals surface area (Å²) in [6.07, 6.45) is 1.63. The van der Waals surface area contributed by atoms with Gasteiger partial charge in [-0.3, -0.25) is 9.78 Å². The molecule has 0 unspecified atom stereocenters. The average molecular weight is 304 g/mol. The van der Waals surface area contributed by atoms with Crippen molar-refractivity contribution in [2.24, 2.45) is 0 Å². The first kappa shape index (κ1) is 17.0. The number of amides is 1. The molecule has 0 atom stereocenters. The Labute approximate surface area is 133 Å². The Bertz CT molecular complexity index is 540. The van der Waals surface area contributed by atoms with E-state index >= 15 is 0 Å². The van der Waals surface area contributed by atoms with Crippen molar-refractivity contribution in [3.63, 3.8) is 0 Å². The lowest BCUT2D eigenvalue weighted by Gasteiger charge is -2.32. The highest BCUT2D eigenvalue weighted by Crippen LogP contribution is 2.36. The van der Waals surface area contributed by atoms with Crippen LogP contribution in [-0.4, -0.2) is 47.2 Å². The van der Waals surface area contributed by atoms with Crippen LogP contribution >= 0.6 is 0 Å². The van der Waals surface area contributed by atoms with Crippen molar-refractivity contribution in [2.45, 2.75) is 52.7 Å². The van der Waals surface area contributed by atoms with Crippen LogP contribution in [-0.2, 0) is 9.31 Å². The maximum absolute atomic E-state index is 12.7. The van der Waals surface area contributed by atoms with E-state index in [9.17, 15) is 4.79 Å². The van der Waals surface area contributed by atoms with Gasteiger partial charge < -0.3 is 14.2 Å². The van der Waals surface area contributed by atoms with Crippen LogP contribution in [0.4, 0.5) is 0 Å². The highest BCUT2D eigenvalue weighted by molar-refractivity contribution is 6.63. The Morgan fingerprint density at radius 1 is 1.18 bits per heavy atom. The summed E-state index contributed by atoms with van der Waals surface area (Å²) in [6, 6.07) is 3.66. The van der Waals surface area contributed by atoms with Crippen LogP contribution in [0.25, 0.3) is 0 Å². The molecule has 6 heteroatoms. The number of rotatable bonds is 4. The van der Waals surface area contributed by atoms with Gasteiger partial charge in [0, 0.05) is 24.7 Å². The third-order valence-electron chi connectivity index (χ3n) is 4.60. The molecule has 2 heterocycles. The van der Waals surface area contributed by atoms with Crippen LogP contribution in [0.1, 0.15) is 52.0 Å². The predicted molar refractivity (Wildman–Crippen MR) is 87.2 cm³/mol. The lowest BCUT2D eigenvalue weighted by Crippen LogP contribution is -2.42. The smallest absolute Gasteiger partial charge is 0.399 e. The van der Waals surface area contributed by atoms with Gasteiger partial charge in [0.05, 0.1) is 11.2 Å². The summed E-state index contributed by atoms with van der Waals surface area (Å²) in [5.41, 5.74) is 0.217. The second-order valence-electron chi connectivity index (χ2n) is 6.51. The van der Waals surface area contributed by atoms with E-state index in [1.54, 1.807) is 17.2 Å². The normalized spacial score (nSPS) is 19.3. The SMILES string of the molecule is CCN(CC)C(=O)c1ncccc1B1OC(C)(C)C(C)(C)O1. The molecular formula is C16H25BN2O3. The minimum atomic E-state index is -0.576. The molecule has 0 saturated carbocycles. The van der Waals surface area contributed by atoms with Crippen LogP contribution in [0.15, 0.2) is 18.3 Å². The van der Waals surface area contributed by atoms with Crippen LogP contribution in [0, 0.1) is 0 Å². The van der Waals surface area contributed by atoms with Crippen molar-refractivity contribution in [2.75, 3.05) is 13.1 Å². The fourth-order valence-corrected chi connectivity index (χ4v) is 2.42. The number of aromatic nitrogens is 1. The molecule has 22 heavy (non-hydrogen) atoms. The minimum absolute atomic E-state index is 0.0877. The lowest BCUT2D eigenvalue weighted by atomic mass is 9.77. The Hall–Kier alpha value is -1.40. The molecular weight excluding hydrogens is 279 g/mol. The molecule has 5 nitrogen and oxygen atoms in total. The molecule has 1 aromatic rings. The molecule has 120 valence electrons. The quantitative estimate of drug-likeness (QED) is 0.797. The van der Waals surface area contributed by atoms with E-state index in [4.69, 9.17) is 9.31 Å². The molecule has 1 aromatic heterocycles. The molecule has 1 saturated heterocycles. The summed E-state index contributed by atoms with van der Waals surface area (Å²) >= 11 is 0. The number of hydrogen-bond donors (Lipinski definition) is 0. The third kappa shape index (κ3) is 2.90. The number of hydrogen-bond acceptors (Lipinski definition) is 4. The zero-order chi connectivity index (χ0) is 16.5. The highest BCUT2D eigenvalue weighted by Gasteiger charge is 2.52. The summed E-state index contributed by atoms with van der Waals surface area (Å²) in [5.74, 6) is -0.0877. The van der Waals surface area contributed by atoms with E-state index < -0.39 is 18.3 Å². The molecule has 1 aliphatic heterocycles. The molecule has 1 aliphatic rings. The van der Waals surface area contributed by atoms with Gasteiger partial charge in [0.1, 0.15) is 5.69 Å². The van der Waals surface area contributed by atoms with E-state index in [-0.39, 0.29) is 5.91 Å². The lowest BCUT2D eigenvalue weighted by molar-refractivity contribution is 0.00578. The Balaban J connectivity index is 2.36. The molecule has 0 radical (unpaired) electrons. The summed E-state index contributed by atoms with van der Waals surface area (Å²) in [6.45, 7) is 13.2. The Morgan fingerprint density at radius 2 is 1.73 bits per heavy atom. The number of carbonyl (C=O) groups is 1. The first-order valence-electron chi connectivity index (χ1n) is 7.83. The number of carbonyl (C=O) groups excluding carboxylic acids is 1. The Kier molecular flexibility index (Phi) is 4.63. The first-order chi connectivity index (χ1) is 10.2. The summed E-state index contributed by atoms with van der Waals surface area (Å²) < 4.78 is 12.1. The topological polar surface area (TPSA) is 51.7 Å². The molecule has 0 N–H and O–H groups in total. The van der Waals surface area contributed by atoms with E-state index in [0.717, 1.165) is 0 Å². The molecule has 1 fully saturated rings. The summed E-state index contributed by atoms with van der Waals surface area (Å²) in [4.78, 5) is 18.7. The van der Waals surface area contributed by atoms with Gasteiger partial charge in [-0.1, -0.05) is 6.07 Å². The van der Waals surface area contributed by atoms with Crippen LogP contribution < -0.4 is 5.46 Å². The highest BCUT2D eigenvalue weighted by atomic mass is 16.7. The predicted octanol–water partition coefficient (Wildman–Crippen LogP) is 1.86. The number of nitrogens with zero attached hydrogens (tertiary/aromatic N) is 2. The van der Waals surface area contributed by atoms with Crippen molar-refractivity contribution in [1.29, 1.82) is 0 Å². The van der Waals surface area contributed by atoms with E-state index in [0.29, 0.717) is 24.2 Å². The first-order valence-corrected chi connectivity index (χ1v) is 7.83. The van der Waals surface area contributed by atoms with Crippen LogP contribution in [0.2, 0.25) is 0 Å². The second-order valence-corrected chi connectivity index (χ2v) is 6.51. The zero-order valence-corrected chi connectivity index (χ0v) is 14.3. The van der Waals surface area contributed by atoms with Gasteiger partial charge in [0.2, 0.25) is 0 Å². The fourth-order valence-electron chi connectivity index (χ4n) is 2.42. The largest absolute Gasteiger partial charge is 0.497 e. The third-order valence-corrected chi connectivity index (χ3v) is 4.60. The molecule has 2 rings (SSSR count). The van der Waals surface area contributed by atoms with Gasteiger partial charge in [0.15, 0.2) is 0 Å². The number of pyridine rings is 1. The monoisotopic (exact) mass is 304 g/mol. The van der Waals surface area contributed by atoms with Gasteiger partial charge >= 0.3 is 7.12 Å². The van der Waals surface area contributed by atoms with Crippen molar-refractivity contribution in [1.82, 2.24) is 9.88 Å². The van der Waals surface area contributed by atoms with Gasteiger partial charge in [-0.15, -0.1) is 0 Å². The summed E-state index contributed by atoms with van der Waals surface area (Å²) in [7, 11) is -0.576. The van der Waals surface area contributed by atoms with Gasteiger partial charge in [-0.05, 0) is 47.6 Å². The molecule has 0 bridgehead atoms. The molecule has 0 aromatic carbocycles. The minimum Gasteiger partial charge on any atom is -0.399 e.